The van der Waals surface area contributed by atoms with E-state index >= 15 is 0 Å². The third-order valence-electron chi connectivity index (χ3n) is 5.47. The summed E-state index contributed by atoms with van der Waals surface area (Å²) in [6.45, 7) is 5.54. The van der Waals surface area contributed by atoms with Crippen molar-refractivity contribution in [3.8, 4) is 17.6 Å². The molecular weight excluding hydrogens is 461 g/mol. The van der Waals surface area contributed by atoms with Crippen LogP contribution in [-0.4, -0.2) is 32.0 Å². The smallest absolute Gasteiger partial charge is 0.406 e. The van der Waals surface area contributed by atoms with Crippen molar-refractivity contribution in [2.75, 3.05) is 0 Å². The van der Waals surface area contributed by atoms with Gasteiger partial charge in [0.15, 0.2) is 17.5 Å². The predicted molar refractivity (Wildman–Crippen MR) is 119 cm³/mol. The summed E-state index contributed by atoms with van der Waals surface area (Å²) >= 11 is 0. The lowest BCUT2D eigenvalue weighted by molar-refractivity contribution is -0.274. The first kappa shape index (κ1) is 24.2. The summed E-state index contributed by atoms with van der Waals surface area (Å²) in [5, 5.41) is 16.3. The SMILES string of the molecule is CC(C)c1nc([C@H](C)NC(=O)c2cc(OC(F)(F)F)cc(C3CC3)c2)n(-c2ccc(C#N)cn2)n1. The maximum absolute atomic E-state index is 13.1. The molecule has 182 valence electrons. The van der Waals surface area contributed by atoms with Crippen LogP contribution < -0.4 is 10.1 Å². The summed E-state index contributed by atoms with van der Waals surface area (Å²) < 4.78 is 44.0. The molecule has 1 aliphatic rings. The van der Waals surface area contributed by atoms with Crippen LogP contribution in [0.15, 0.2) is 36.5 Å². The molecular formula is C24H23F3N6O2. The van der Waals surface area contributed by atoms with Crippen LogP contribution in [0.5, 0.6) is 5.75 Å². The highest BCUT2D eigenvalue weighted by molar-refractivity contribution is 5.95. The molecule has 11 heteroatoms. The number of pyridine rings is 1. The average molecular weight is 484 g/mol. The fourth-order valence-corrected chi connectivity index (χ4v) is 3.55. The molecule has 1 N–H and O–H groups in total. The number of nitriles is 1. The van der Waals surface area contributed by atoms with Gasteiger partial charge in [-0.2, -0.15) is 9.94 Å². The molecule has 4 rings (SSSR count). The van der Waals surface area contributed by atoms with Gasteiger partial charge in [0, 0.05) is 17.7 Å². The number of nitrogens with one attached hydrogen (secondary N) is 1. The second-order valence-corrected chi connectivity index (χ2v) is 8.72. The fourth-order valence-electron chi connectivity index (χ4n) is 3.55. The van der Waals surface area contributed by atoms with E-state index in [-0.39, 0.29) is 17.4 Å². The molecule has 3 aromatic rings. The number of alkyl halides is 3. The van der Waals surface area contributed by atoms with Gasteiger partial charge in [-0.1, -0.05) is 13.8 Å². The monoisotopic (exact) mass is 484 g/mol. The van der Waals surface area contributed by atoms with Gasteiger partial charge in [-0.3, -0.25) is 4.79 Å². The van der Waals surface area contributed by atoms with Gasteiger partial charge in [0.1, 0.15) is 11.8 Å². The number of nitrogens with zero attached hydrogens (tertiary/aromatic N) is 5. The molecule has 1 atom stereocenters. The first-order valence-corrected chi connectivity index (χ1v) is 11.1. The molecule has 0 aliphatic heterocycles. The van der Waals surface area contributed by atoms with Gasteiger partial charge in [-0.15, -0.1) is 18.3 Å². The second kappa shape index (κ2) is 9.37. The van der Waals surface area contributed by atoms with Crippen LogP contribution in [-0.2, 0) is 0 Å². The van der Waals surface area contributed by atoms with E-state index in [2.05, 4.69) is 25.1 Å². The van der Waals surface area contributed by atoms with Crippen molar-refractivity contribution in [1.82, 2.24) is 25.1 Å². The van der Waals surface area contributed by atoms with Crippen molar-refractivity contribution in [1.29, 1.82) is 5.26 Å². The minimum absolute atomic E-state index is 0.00594. The number of benzene rings is 1. The first-order valence-electron chi connectivity index (χ1n) is 11.1. The molecule has 0 unspecified atom stereocenters. The van der Waals surface area contributed by atoms with Crippen LogP contribution in [0.25, 0.3) is 5.82 Å². The molecule has 0 spiro atoms. The molecule has 2 aromatic heterocycles. The quantitative estimate of drug-likeness (QED) is 0.510. The van der Waals surface area contributed by atoms with E-state index in [0.29, 0.717) is 28.6 Å². The van der Waals surface area contributed by atoms with Crippen LogP contribution in [0.1, 0.15) is 84.6 Å². The molecule has 35 heavy (non-hydrogen) atoms. The van der Waals surface area contributed by atoms with E-state index in [0.717, 1.165) is 18.9 Å². The van der Waals surface area contributed by atoms with E-state index in [1.165, 1.54) is 16.9 Å². The molecule has 8 nitrogen and oxygen atoms in total. The van der Waals surface area contributed by atoms with Crippen LogP contribution >= 0.6 is 0 Å². The van der Waals surface area contributed by atoms with Gasteiger partial charge in [0.25, 0.3) is 5.91 Å². The molecule has 0 saturated heterocycles. The lowest BCUT2D eigenvalue weighted by Gasteiger charge is -2.16. The minimum Gasteiger partial charge on any atom is -0.406 e. The van der Waals surface area contributed by atoms with Gasteiger partial charge in [0.2, 0.25) is 0 Å². The Kier molecular flexibility index (Phi) is 6.47. The van der Waals surface area contributed by atoms with Crippen LogP contribution in [0.3, 0.4) is 0 Å². The predicted octanol–water partition coefficient (Wildman–Crippen LogP) is 4.92. The number of amides is 1. The number of hydrogen-bond acceptors (Lipinski definition) is 6. The van der Waals surface area contributed by atoms with E-state index < -0.39 is 24.1 Å². The highest BCUT2D eigenvalue weighted by Crippen LogP contribution is 2.42. The Labute approximate surface area is 199 Å². The van der Waals surface area contributed by atoms with Crippen molar-refractivity contribution < 1.29 is 22.7 Å². The van der Waals surface area contributed by atoms with Crippen molar-refractivity contribution in [2.24, 2.45) is 0 Å². The summed E-state index contributed by atoms with van der Waals surface area (Å²) in [5.41, 5.74) is 1.08. The van der Waals surface area contributed by atoms with E-state index in [1.54, 1.807) is 25.1 Å². The number of aromatic nitrogens is 4. The molecule has 2 heterocycles. The maximum Gasteiger partial charge on any atom is 0.573 e. The zero-order chi connectivity index (χ0) is 25.3. The van der Waals surface area contributed by atoms with Gasteiger partial charge in [-0.25, -0.2) is 9.97 Å². The van der Waals surface area contributed by atoms with E-state index in [1.807, 2.05) is 19.9 Å². The standard InChI is InChI=1S/C24H23F3N6O2/c1-13(2)21-31-22(33(32-21)20-7-4-15(11-28)12-29-20)14(3)30-23(34)18-8-17(16-5-6-16)9-19(10-18)35-24(25,26)27/h4,7-10,12-14,16H,5-6H2,1-3H3,(H,30,34)/t14-/m0/s1. The van der Waals surface area contributed by atoms with Gasteiger partial charge in [-0.05, 0) is 61.6 Å². The van der Waals surface area contributed by atoms with Crippen molar-refractivity contribution in [3.63, 3.8) is 0 Å². The van der Waals surface area contributed by atoms with Crippen molar-refractivity contribution in [2.45, 2.75) is 57.9 Å². The Balaban J connectivity index is 1.62. The highest BCUT2D eigenvalue weighted by Gasteiger charge is 2.33. The largest absolute Gasteiger partial charge is 0.573 e. The number of halogens is 3. The molecule has 1 fully saturated rings. The lowest BCUT2D eigenvalue weighted by Crippen LogP contribution is -2.29. The molecule has 1 aromatic carbocycles. The Bertz CT molecular complexity index is 1270. The zero-order valence-electron chi connectivity index (χ0n) is 19.3. The summed E-state index contributed by atoms with van der Waals surface area (Å²) in [6.07, 6.45) is -1.75. The third-order valence-corrected chi connectivity index (χ3v) is 5.47. The number of ether oxygens (including phenoxy) is 1. The third kappa shape index (κ3) is 5.77. The normalized spacial score (nSPS) is 14.5. The molecule has 0 radical (unpaired) electrons. The summed E-state index contributed by atoms with van der Waals surface area (Å²) in [4.78, 5) is 21.9. The lowest BCUT2D eigenvalue weighted by atomic mass is 10.1. The van der Waals surface area contributed by atoms with Crippen molar-refractivity contribution in [3.05, 3.63) is 64.9 Å². The number of carbonyl (C=O) groups excluding carboxylic acids is 1. The number of carbonyl (C=O) groups is 1. The first-order chi connectivity index (χ1) is 16.5. The fraction of sp³-hybridized carbons (Fsp3) is 0.375. The van der Waals surface area contributed by atoms with Gasteiger partial charge in [0.05, 0.1) is 11.6 Å². The minimum atomic E-state index is -4.86. The van der Waals surface area contributed by atoms with E-state index in [9.17, 15) is 18.0 Å². The Morgan fingerprint density at radius 1 is 1.23 bits per heavy atom. The second-order valence-electron chi connectivity index (χ2n) is 8.72. The summed E-state index contributed by atoms with van der Waals surface area (Å²) in [5.74, 6) is 0.458. The van der Waals surface area contributed by atoms with Gasteiger partial charge < -0.3 is 10.1 Å². The average Bonchev–Trinajstić information content (AvgIpc) is 3.55. The molecule has 0 bridgehead atoms. The Morgan fingerprint density at radius 2 is 1.97 bits per heavy atom. The summed E-state index contributed by atoms with van der Waals surface area (Å²) in [6, 6.07) is 8.56. The Hall–Kier alpha value is -3.94. The molecule has 1 aliphatic carbocycles. The zero-order valence-corrected chi connectivity index (χ0v) is 19.3. The van der Waals surface area contributed by atoms with Crippen molar-refractivity contribution >= 4 is 5.91 Å². The Morgan fingerprint density at radius 3 is 2.54 bits per heavy atom. The van der Waals surface area contributed by atoms with Crippen LogP contribution in [0.2, 0.25) is 0 Å². The van der Waals surface area contributed by atoms with Crippen LogP contribution in [0.4, 0.5) is 13.2 Å². The maximum atomic E-state index is 13.1. The topological polar surface area (TPSA) is 106 Å². The highest BCUT2D eigenvalue weighted by atomic mass is 19.4. The molecule has 1 saturated carbocycles. The number of hydrogen-bond donors (Lipinski definition) is 1. The van der Waals surface area contributed by atoms with Gasteiger partial charge >= 0.3 is 6.36 Å². The van der Waals surface area contributed by atoms with Crippen LogP contribution in [0, 0.1) is 11.3 Å². The number of rotatable bonds is 7. The summed E-state index contributed by atoms with van der Waals surface area (Å²) in [7, 11) is 0. The van der Waals surface area contributed by atoms with E-state index in [4.69, 9.17) is 5.26 Å². The molecule has 1 amide bonds.